The highest BCUT2D eigenvalue weighted by Gasteiger charge is 2.34. The third-order valence-electron chi connectivity index (χ3n) is 2.59. The first-order valence-electron chi connectivity index (χ1n) is 5.15. The molecule has 6 heteroatoms. The molecule has 0 spiro atoms. The van der Waals surface area contributed by atoms with Crippen molar-refractivity contribution < 1.29 is 17.6 Å². The lowest BCUT2D eigenvalue weighted by Crippen LogP contribution is -2.26. The first-order valence-corrected chi connectivity index (χ1v) is 5.15. The number of nitrogens with two attached hydrogens (primary N) is 1. The van der Waals surface area contributed by atoms with Crippen molar-refractivity contribution in [2.24, 2.45) is 11.1 Å². The van der Waals surface area contributed by atoms with Crippen LogP contribution in [0.5, 0.6) is 0 Å². The molecule has 0 saturated carbocycles. The van der Waals surface area contributed by atoms with Gasteiger partial charge in [0.2, 0.25) is 0 Å². The molecule has 0 radical (unpaired) electrons. The summed E-state index contributed by atoms with van der Waals surface area (Å²) in [4.78, 5) is 0. The number of hydrogen-bond acceptors (Lipinski definition) is 1. The lowest BCUT2D eigenvalue weighted by Gasteiger charge is -2.27. The maximum atomic E-state index is 13.3. The van der Waals surface area contributed by atoms with Crippen LogP contribution < -0.4 is 5.73 Å². The maximum absolute atomic E-state index is 13.3. The van der Waals surface area contributed by atoms with E-state index in [9.17, 15) is 17.6 Å². The van der Waals surface area contributed by atoms with Gasteiger partial charge >= 0.3 is 6.18 Å². The minimum Gasteiger partial charge on any atom is -0.324 e. The Balaban J connectivity index is 0.00000289. The van der Waals surface area contributed by atoms with Crippen molar-refractivity contribution in [3.8, 4) is 0 Å². The molecule has 0 bridgehead atoms. The minimum atomic E-state index is -4.67. The van der Waals surface area contributed by atoms with Crippen LogP contribution in [0.3, 0.4) is 0 Å². The van der Waals surface area contributed by atoms with Gasteiger partial charge in [-0.05, 0) is 23.1 Å². The standard InChI is InChI=1S/C12H15F4N.ClH/c1-11(2,3)10(17)7-4-5-8(9(13)6-7)12(14,15)16;/h4-6,10H,17H2,1-3H3;1H/t10-;/m1./s1. The fourth-order valence-corrected chi connectivity index (χ4v) is 1.45. The van der Waals surface area contributed by atoms with Crippen LogP contribution >= 0.6 is 12.4 Å². The number of benzene rings is 1. The Morgan fingerprint density at radius 3 is 1.94 bits per heavy atom. The minimum absolute atomic E-state index is 0. The number of hydrogen-bond donors (Lipinski definition) is 1. The zero-order valence-electron chi connectivity index (χ0n) is 10.3. The van der Waals surface area contributed by atoms with Crippen molar-refractivity contribution in [2.75, 3.05) is 0 Å². The molecule has 0 unspecified atom stereocenters. The van der Waals surface area contributed by atoms with Crippen LogP contribution in [0.4, 0.5) is 17.6 Å². The molecular weight excluding hydrogens is 270 g/mol. The van der Waals surface area contributed by atoms with Gasteiger partial charge in [0, 0.05) is 6.04 Å². The lowest BCUT2D eigenvalue weighted by atomic mass is 9.83. The summed E-state index contributed by atoms with van der Waals surface area (Å²) in [6, 6.07) is 2.30. The monoisotopic (exact) mass is 285 g/mol. The zero-order valence-corrected chi connectivity index (χ0v) is 11.1. The first-order chi connectivity index (χ1) is 7.53. The van der Waals surface area contributed by atoms with E-state index in [1.165, 1.54) is 6.07 Å². The smallest absolute Gasteiger partial charge is 0.324 e. The molecule has 0 amide bonds. The van der Waals surface area contributed by atoms with E-state index in [0.717, 1.165) is 12.1 Å². The van der Waals surface area contributed by atoms with Gasteiger partial charge < -0.3 is 5.73 Å². The Morgan fingerprint density at radius 1 is 1.11 bits per heavy atom. The second-order valence-corrected chi connectivity index (χ2v) is 5.08. The summed E-state index contributed by atoms with van der Waals surface area (Å²) in [6.07, 6.45) is -4.67. The Hall–Kier alpha value is -0.810. The summed E-state index contributed by atoms with van der Waals surface area (Å²) in [7, 11) is 0. The SMILES string of the molecule is CC(C)(C)[C@H](N)c1ccc(C(F)(F)F)c(F)c1.Cl. The molecule has 2 N–H and O–H groups in total. The van der Waals surface area contributed by atoms with Crippen molar-refractivity contribution in [2.45, 2.75) is 33.0 Å². The third kappa shape index (κ3) is 3.85. The molecule has 0 aliphatic rings. The molecule has 1 atom stereocenters. The topological polar surface area (TPSA) is 26.0 Å². The van der Waals surface area contributed by atoms with Crippen LogP contribution in [0.1, 0.15) is 37.9 Å². The molecule has 0 saturated heterocycles. The molecular formula is C12H16ClF4N. The van der Waals surface area contributed by atoms with E-state index in [1.807, 2.05) is 20.8 Å². The molecule has 18 heavy (non-hydrogen) atoms. The molecule has 0 aliphatic heterocycles. The molecule has 1 aromatic rings. The zero-order chi connectivity index (χ0) is 13.4. The van der Waals surface area contributed by atoms with Gasteiger partial charge in [0.05, 0.1) is 5.56 Å². The van der Waals surface area contributed by atoms with Crippen LogP contribution in [0.25, 0.3) is 0 Å². The fourth-order valence-electron chi connectivity index (χ4n) is 1.45. The summed E-state index contributed by atoms with van der Waals surface area (Å²) in [6.45, 7) is 5.52. The van der Waals surface area contributed by atoms with Crippen molar-refractivity contribution in [1.29, 1.82) is 0 Å². The van der Waals surface area contributed by atoms with Crippen molar-refractivity contribution in [3.63, 3.8) is 0 Å². The van der Waals surface area contributed by atoms with E-state index in [2.05, 4.69) is 0 Å². The van der Waals surface area contributed by atoms with Crippen LogP contribution in [-0.4, -0.2) is 0 Å². The average molecular weight is 286 g/mol. The van der Waals surface area contributed by atoms with Gasteiger partial charge in [-0.2, -0.15) is 13.2 Å². The molecule has 1 nitrogen and oxygen atoms in total. The molecule has 0 aliphatic carbocycles. The Labute approximate surface area is 110 Å². The summed E-state index contributed by atoms with van der Waals surface area (Å²) in [5.41, 5.74) is 4.61. The van der Waals surface area contributed by atoms with Crippen LogP contribution in [0, 0.1) is 11.2 Å². The highest BCUT2D eigenvalue weighted by molar-refractivity contribution is 5.85. The highest BCUT2D eigenvalue weighted by atomic mass is 35.5. The van der Waals surface area contributed by atoms with E-state index in [1.54, 1.807) is 0 Å². The van der Waals surface area contributed by atoms with Crippen molar-refractivity contribution in [3.05, 3.63) is 35.1 Å². The quantitative estimate of drug-likeness (QED) is 0.765. The largest absolute Gasteiger partial charge is 0.419 e. The maximum Gasteiger partial charge on any atom is 0.419 e. The van der Waals surface area contributed by atoms with E-state index >= 15 is 0 Å². The van der Waals surface area contributed by atoms with Crippen molar-refractivity contribution >= 4 is 12.4 Å². The van der Waals surface area contributed by atoms with Gasteiger partial charge in [-0.1, -0.05) is 26.8 Å². The van der Waals surface area contributed by atoms with Gasteiger partial charge in [0.25, 0.3) is 0 Å². The van der Waals surface area contributed by atoms with E-state index < -0.39 is 23.6 Å². The predicted molar refractivity (Wildman–Crippen MR) is 65.0 cm³/mol. The molecule has 1 aromatic carbocycles. The second kappa shape index (κ2) is 5.45. The van der Waals surface area contributed by atoms with Gasteiger partial charge in [-0.15, -0.1) is 12.4 Å². The summed E-state index contributed by atoms with van der Waals surface area (Å²) in [5, 5.41) is 0. The van der Waals surface area contributed by atoms with Crippen LogP contribution in [-0.2, 0) is 6.18 Å². The number of rotatable bonds is 1. The summed E-state index contributed by atoms with van der Waals surface area (Å²) < 4.78 is 50.4. The van der Waals surface area contributed by atoms with Gasteiger partial charge in [-0.3, -0.25) is 0 Å². The molecule has 104 valence electrons. The molecule has 0 fully saturated rings. The summed E-state index contributed by atoms with van der Waals surface area (Å²) >= 11 is 0. The lowest BCUT2D eigenvalue weighted by molar-refractivity contribution is -0.140. The van der Waals surface area contributed by atoms with Gasteiger partial charge in [-0.25, -0.2) is 4.39 Å². The Kier molecular flexibility index (Phi) is 5.20. The summed E-state index contributed by atoms with van der Waals surface area (Å²) in [5.74, 6) is -1.28. The second-order valence-electron chi connectivity index (χ2n) is 5.08. The van der Waals surface area contributed by atoms with E-state index in [0.29, 0.717) is 5.56 Å². The van der Waals surface area contributed by atoms with Gasteiger partial charge in [0.15, 0.2) is 0 Å². The fraction of sp³-hybridized carbons (Fsp3) is 0.500. The van der Waals surface area contributed by atoms with Gasteiger partial charge in [0.1, 0.15) is 5.82 Å². The Bertz CT molecular complexity index is 410. The van der Waals surface area contributed by atoms with E-state index in [4.69, 9.17) is 5.73 Å². The van der Waals surface area contributed by atoms with E-state index in [-0.39, 0.29) is 17.8 Å². The average Bonchev–Trinajstić information content (AvgIpc) is 2.12. The normalized spacial score (nSPS) is 14.0. The first kappa shape index (κ1) is 17.2. The molecule has 0 aromatic heterocycles. The van der Waals surface area contributed by atoms with Crippen LogP contribution in [0.2, 0.25) is 0 Å². The number of halogens is 5. The molecule has 0 heterocycles. The number of alkyl halides is 3. The van der Waals surface area contributed by atoms with Crippen LogP contribution in [0.15, 0.2) is 18.2 Å². The highest BCUT2D eigenvalue weighted by Crippen LogP contribution is 2.35. The third-order valence-corrected chi connectivity index (χ3v) is 2.59. The predicted octanol–water partition coefficient (Wildman–Crippen LogP) is 4.31. The Morgan fingerprint density at radius 2 is 1.61 bits per heavy atom. The van der Waals surface area contributed by atoms with Crippen molar-refractivity contribution in [1.82, 2.24) is 0 Å². The molecule has 1 rings (SSSR count).